The lowest BCUT2D eigenvalue weighted by Crippen LogP contribution is -2.34. The number of amidine groups is 1. The van der Waals surface area contributed by atoms with Gasteiger partial charge in [-0.15, -0.1) is 0 Å². The number of ether oxygens (including phenoxy) is 1. The lowest BCUT2D eigenvalue weighted by Gasteiger charge is -2.26. The van der Waals surface area contributed by atoms with Gasteiger partial charge in [0.1, 0.15) is 5.84 Å². The zero-order valence-electron chi connectivity index (χ0n) is 28.0. The number of rotatable bonds is 15. The minimum atomic E-state index is -0.263. The molecule has 1 heterocycles. The van der Waals surface area contributed by atoms with Gasteiger partial charge < -0.3 is 20.7 Å². The van der Waals surface area contributed by atoms with Crippen molar-refractivity contribution in [3.63, 3.8) is 0 Å². The molecule has 0 fully saturated rings. The molecule has 248 valence electrons. The first-order valence-corrected chi connectivity index (χ1v) is 16.4. The predicted molar refractivity (Wildman–Crippen MR) is 189 cm³/mol. The smallest absolute Gasteiger partial charge is 0.306 e. The average molecular weight is 638 g/mol. The van der Waals surface area contributed by atoms with Gasteiger partial charge in [0.25, 0.3) is 5.91 Å². The Morgan fingerprint density at radius 2 is 1.66 bits per heavy atom. The van der Waals surface area contributed by atoms with Crippen LogP contribution in [0.5, 0.6) is 0 Å². The van der Waals surface area contributed by atoms with Crippen LogP contribution >= 0.6 is 0 Å². The van der Waals surface area contributed by atoms with Gasteiger partial charge in [0.2, 0.25) is 5.91 Å². The maximum Gasteiger partial charge on any atom is 0.306 e. The molecule has 1 aliphatic rings. The van der Waals surface area contributed by atoms with Crippen LogP contribution in [0.1, 0.15) is 79.4 Å². The predicted octanol–water partition coefficient (Wildman–Crippen LogP) is 6.53. The summed E-state index contributed by atoms with van der Waals surface area (Å²) in [5.74, 6) is 0.0179. The molecule has 9 heteroatoms. The van der Waals surface area contributed by atoms with E-state index in [9.17, 15) is 14.4 Å². The second-order valence-corrected chi connectivity index (χ2v) is 12.0. The fourth-order valence-electron chi connectivity index (χ4n) is 5.75. The Morgan fingerprint density at radius 3 is 2.32 bits per heavy atom. The molecule has 0 saturated carbocycles. The lowest BCUT2D eigenvalue weighted by atomic mass is 9.99. The summed E-state index contributed by atoms with van der Waals surface area (Å²) in [5, 5.41) is 2.98. The number of hydrogen-bond donors (Lipinski definition) is 2. The molecule has 2 amide bonds. The number of amides is 2. The minimum Gasteiger partial charge on any atom is -0.469 e. The molecule has 3 aromatic rings. The molecule has 0 radical (unpaired) electrons. The normalized spacial score (nSPS) is 13.1. The molecule has 1 aliphatic heterocycles. The van der Waals surface area contributed by atoms with E-state index in [4.69, 9.17) is 10.5 Å². The van der Waals surface area contributed by atoms with E-state index in [1.54, 1.807) is 12.1 Å². The van der Waals surface area contributed by atoms with E-state index in [-0.39, 0.29) is 30.1 Å². The summed E-state index contributed by atoms with van der Waals surface area (Å²) in [7, 11) is 1.41. The zero-order chi connectivity index (χ0) is 33.8. The summed E-state index contributed by atoms with van der Waals surface area (Å²) in [4.78, 5) is 47.1. The van der Waals surface area contributed by atoms with Gasteiger partial charge in [-0.3, -0.25) is 19.3 Å². The Hall–Kier alpha value is -4.76. The molecule has 0 aliphatic carbocycles. The highest BCUT2D eigenvalue weighted by molar-refractivity contribution is 6.08. The molecule has 0 saturated heterocycles. The number of aliphatic imine (C=N–C) groups is 1. The standard InChI is InChI=1S/C38H47N5O4/c1-5-19-43(20-6-2)38(46)32-22-30-12-13-31(23-34(30)41-35(39)24-32)37(45)40-33-16-14-29(15-17-33)27(3)25-42(21-18-36(44)47-4)26-28-10-8-7-9-11-28/h7-17,22-23,27H,5-6,18-21,24-26H2,1-4H3,(H2,39,41)(H,40,45). The molecule has 3 aromatic carbocycles. The van der Waals surface area contributed by atoms with Crippen LogP contribution in [-0.4, -0.2) is 66.7 Å². The first-order valence-electron chi connectivity index (χ1n) is 16.4. The van der Waals surface area contributed by atoms with Gasteiger partial charge in [-0.1, -0.05) is 69.3 Å². The van der Waals surface area contributed by atoms with Crippen molar-refractivity contribution in [2.75, 3.05) is 38.6 Å². The van der Waals surface area contributed by atoms with Crippen LogP contribution in [0.4, 0.5) is 11.4 Å². The van der Waals surface area contributed by atoms with E-state index in [1.807, 2.05) is 59.5 Å². The van der Waals surface area contributed by atoms with Gasteiger partial charge in [0.15, 0.2) is 0 Å². The number of carbonyl (C=O) groups is 3. The Kier molecular flexibility index (Phi) is 12.9. The zero-order valence-corrected chi connectivity index (χ0v) is 28.0. The number of nitrogens with zero attached hydrogens (tertiary/aromatic N) is 3. The monoisotopic (exact) mass is 637 g/mol. The van der Waals surface area contributed by atoms with Crippen molar-refractivity contribution < 1.29 is 19.1 Å². The number of hydrogen-bond acceptors (Lipinski definition) is 7. The van der Waals surface area contributed by atoms with Crippen LogP contribution in [0.25, 0.3) is 6.08 Å². The van der Waals surface area contributed by atoms with E-state index >= 15 is 0 Å². The van der Waals surface area contributed by atoms with Crippen molar-refractivity contribution in [1.29, 1.82) is 0 Å². The fraction of sp³-hybridized carbons (Fsp3) is 0.368. The second kappa shape index (κ2) is 17.2. The number of carbonyl (C=O) groups excluding carboxylic acids is 3. The number of fused-ring (bicyclic) bond motifs is 1. The van der Waals surface area contributed by atoms with Crippen LogP contribution in [0.2, 0.25) is 0 Å². The molecule has 3 N–H and O–H groups in total. The number of benzene rings is 3. The van der Waals surface area contributed by atoms with Crippen molar-refractivity contribution in [3.8, 4) is 0 Å². The average Bonchev–Trinajstić information content (AvgIpc) is 3.24. The largest absolute Gasteiger partial charge is 0.469 e. The third kappa shape index (κ3) is 10.1. The second-order valence-electron chi connectivity index (χ2n) is 12.0. The highest BCUT2D eigenvalue weighted by Crippen LogP contribution is 2.29. The van der Waals surface area contributed by atoms with E-state index in [1.165, 1.54) is 12.7 Å². The number of anilines is 1. The van der Waals surface area contributed by atoms with Gasteiger partial charge in [-0.25, -0.2) is 4.99 Å². The number of nitrogens with one attached hydrogen (secondary N) is 1. The number of nitrogens with two attached hydrogens (primary N) is 1. The fourth-order valence-corrected chi connectivity index (χ4v) is 5.75. The summed E-state index contributed by atoms with van der Waals surface area (Å²) >= 11 is 0. The maximum absolute atomic E-state index is 13.3. The Bertz CT molecular complexity index is 1580. The van der Waals surface area contributed by atoms with E-state index < -0.39 is 0 Å². The van der Waals surface area contributed by atoms with Crippen molar-refractivity contribution >= 4 is 41.1 Å². The molecule has 9 nitrogen and oxygen atoms in total. The quantitative estimate of drug-likeness (QED) is 0.183. The van der Waals surface area contributed by atoms with Crippen molar-refractivity contribution in [2.24, 2.45) is 10.7 Å². The van der Waals surface area contributed by atoms with Gasteiger partial charge >= 0.3 is 5.97 Å². The summed E-state index contributed by atoms with van der Waals surface area (Å²) in [5.41, 5.74) is 11.6. The topological polar surface area (TPSA) is 117 Å². The van der Waals surface area contributed by atoms with Crippen LogP contribution in [0.3, 0.4) is 0 Å². The van der Waals surface area contributed by atoms with E-state index in [0.29, 0.717) is 54.4 Å². The Balaban J connectivity index is 1.42. The van der Waals surface area contributed by atoms with Crippen LogP contribution < -0.4 is 11.1 Å². The van der Waals surface area contributed by atoms with Gasteiger partial charge in [-0.2, -0.15) is 0 Å². The highest BCUT2D eigenvalue weighted by atomic mass is 16.5. The highest BCUT2D eigenvalue weighted by Gasteiger charge is 2.22. The first-order chi connectivity index (χ1) is 22.7. The van der Waals surface area contributed by atoms with Gasteiger partial charge in [-0.05, 0) is 60.2 Å². The molecule has 47 heavy (non-hydrogen) atoms. The summed E-state index contributed by atoms with van der Waals surface area (Å²) < 4.78 is 4.86. The summed E-state index contributed by atoms with van der Waals surface area (Å²) in [6.45, 7) is 9.74. The SMILES string of the molecule is CCCN(CCC)C(=O)C1=Cc2ccc(C(=O)Nc3ccc(C(C)CN(CCC(=O)OC)Cc4ccccc4)cc3)cc2N=C(N)C1. The molecule has 1 unspecified atom stereocenters. The van der Waals surface area contributed by atoms with E-state index in [2.05, 4.69) is 48.1 Å². The van der Waals surface area contributed by atoms with Crippen molar-refractivity contribution in [1.82, 2.24) is 9.80 Å². The molecule has 0 spiro atoms. The summed E-state index contributed by atoms with van der Waals surface area (Å²) in [6, 6.07) is 23.3. The lowest BCUT2D eigenvalue weighted by molar-refractivity contribution is -0.141. The summed E-state index contributed by atoms with van der Waals surface area (Å²) in [6.07, 6.45) is 4.20. The maximum atomic E-state index is 13.3. The minimum absolute atomic E-state index is 0.0237. The first kappa shape index (κ1) is 35.1. The van der Waals surface area contributed by atoms with Crippen LogP contribution in [-0.2, 0) is 20.9 Å². The van der Waals surface area contributed by atoms with Gasteiger partial charge in [0, 0.05) is 61.5 Å². The van der Waals surface area contributed by atoms with Crippen LogP contribution in [0, 0.1) is 0 Å². The van der Waals surface area contributed by atoms with Crippen LogP contribution in [0.15, 0.2) is 83.4 Å². The van der Waals surface area contributed by atoms with Gasteiger partial charge in [0.05, 0.1) is 19.2 Å². The third-order valence-corrected chi connectivity index (χ3v) is 8.19. The third-order valence-electron chi connectivity index (χ3n) is 8.19. The molecule has 1 atom stereocenters. The Morgan fingerprint density at radius 1 is 0.957 bits per heavy atom. The molecular formula is C38H47N5O4. The Labute approximate surface area is 278 Å². The molecule has 0 aromatic heterocycles. The van der Waals surface area contributed by atoms with Crippen molar-refractivity contribution in [2.45, 2.75) is 58.9 Å². The number of methoxy groups -OCH3 is 1. The molecular weight excluding hydrogens is 590 g/mol. The number of esters is 1. The molecule has 0 bridgehead atoms. The molecule has 4 rings (SSSR count). The van der Waals surface area contributed by atoms with Crippen molar-refractivity contribution in [3.05, 3.63) is 101 Å². The van der Waals surface area contributed by atoms with E-state index in [0.717, 1.165) is 37.1 Å².